The minimum atomic E-state index is 0.580. The van der Waals surface area contributed by atoms with E-state index in [1.807, 2.05) is 218 Å². The van der Waals surface area contributed by atoms with E-state index in [4.69, 9.17) is 53.7 Å². The molecule has 18 aromatic carbocycles. The topological polar surface area (TPSA) is 157 Å². The third-order valence-electron chi connectivity index (χ3n) is 24.8. The van der Waals surface area contributed by atoms with Crippen molar-refractivity contribution in [1.82, 2.24) is 58.6 Å². The number of fused-ring (bicyclic) bond motifs is 18. The summed E-state index contributed by atoms with van der Waals surface area (Å²) in [4.78, 5) is 45.0. The second kappa shape index (κ2) is 32.3. The highest BCUT2D eigenvalue weighted by Gasteiger charge is 2.25. The van der Waals surface area contributed by atoms with E-state index in [0.717, 1.165) is 160 Å². The number of rotatable bonds is 12. The number of hydrogen-bond donors (Lipinski definition) is 0. The third kappa shape index (κ3) is 13.5. The second-order valence-electron chi connectivity index (χ2n) is 32.7. The van der Waals surface area contributed by atoms with Gasteiger partial charge >= 0.3 is 0 Å². The van der Waals surface area contributed by atoms with Crippen LogP contribution in [-0.4, -0.2) is 58.6 Å². The molecule has 14 nitrogen and oxygen atoms in total. The number of nitrogens with zero attached hydrogens (tertiary/aromatic N) is 12. The van der Waals surface area contributed by atoms with Gasteiger partial charge in [0.25, 0.3) is 0 Å². The molecule has 0 saturated carbocycles. The summed E-state index contributed by atoms with van der Waals surface area (Å²) in [7, 11) is 0. The van der Waals surface area contributed by atoms with Gasteiger partial charge in [-0.15, -0.1) is 11.3 Å². The van der Waals surface area contributed by atoms with Gasteiger partial charge in [0.2, 0.25) is 17.8 Å². The van der Waals surface area contributed by atoms with Gasteiger partial charge < -0.3 is 8.83 Å². The molecule has 0 aliphatic heterocycles. The summed E-state index contributed by atoms with van der Waals surface area (Å²) >= 11 is 1.86. The molecule has 0 amide bonds. The Labute approximate surface area is 759 Å². The van der Waals surface area contributed by atoms with Gasteiger partial charge in [0.1, 0.15) is 22.3 Å². The highest BCUT2D eigenvalue weighted by molar-refractivity contribution is 7.26. The summed E-state index contributed by atoms with van der Waals surface area (Å²) in [5, 5.41) is 14.0. The Hall–Kier alpha value is -17.8. The zero-order chi connectivity index (χ0) is 87.1. The Kier molecular flexibility index (Phi) is 18.7. The van der Waals surface area contributed by atoms with Gasteiger partial charge in [-0.05, 0) is 113 Å². The number of aromatic nitrogens is 12. The van der Waals surface area contributed by atoms with Crippen molar-refractivity contribution in [3.8, 4) is 120 Å². The lowest BCUT2D eigenvalue weighted by Crippen LogP contribution is -2.06. The molecule has 0 bridgehead atoms. The first kappa shape index (κ1) is 76.6. The Morgan fingerprint density at radius 1 is 0.174 bits per heavy atom. The minimum absolute atomic E-state index is 0.580. The smallest absolute Gasteiger partial charge is 0.238 e. The molecule has 0 aliphatic rings. The summed E-state index contributed by atoms with van der Waals surface area (Å²) in [5.41, 5.74) is 22.4. The Morgan fingerprint density at radius 3 is 0.886 bits per heavy atom. The largest absolute Gasteiger partial charge is 0.456 e. The molecular weight excluding hydrogens is 1640 g/mol. The second-order valence-corrected chi connectivity index (χ2v) is 33.7. The molecular formula is C117H72N12O2S. The van der Waals surface area contributed by atoms with Gasteiger partial charge in [-0.1, -0.05) is 352 Å². The minimum Gasteiger partial charge on any atom is -0.456 e. The van der Waals surface area contributed by atoms with Crippen LogP contribution in [0.3, 0.4) is 0 Å². The SMILES string of the molecule is c1ccc(-c2nc(-c3ccccc3)nc(-n3c4ccccc4c4cc(-c5ccc6oc7ccccc7c6c5)ccc43)n2)cc1.c1ccc(-c2nc(-c3ccccc3)nc(-n3c4ccccc4c4cc(-c5cccc6c5oc5ccccc56)ccc43)n2)cc1.c1ccc(-c2nc(-c3ccccc3)nc(-n3c4ccccc4c4cc(-c5cccc6c5sc5ccccc56)ccc43)n2)cc1. The van der Waals surface area contributed by atoms with E-state index in [9.17, 15) is 0 Å². The lowest BCUT2D eigenvalue weighted by Gasteiger charge is -2.11. The van der Waals surface area contributed by atoms with Crippen LogP contribution < -0.4 is 0 Å². The Balaban J connectivity index is 0.000000106. The van der Waals surface area contributed by atoms with Crippen LogP contribution in [0.5, 0.6) is 0 Å². The van der Waals surface area contributed by atoms with Crippen LogP contribution in [0.4, 0.5) is 0 Å². The van der Waals surface area contributed by atoms with Crippen LogP contribution in [0.2, 0.25) is 0 Å². The predicted octanol–water partition coefficient (Wildman–Crippen LogP) is 30.1. The van der Waals surface area contributed by atoms with Crippen molar-refractivity contribution in [3.63, 3.8) is 0 Å². The first-order chi connectivity index (χ1) is 65.4. The number of furan rings is 2. The van der Waals surface area contributed by atoms with E-state index in [0.29, 0.717) is 52.8 Å². The number of thiophene rings is 1. The molecule has 0 atom stereocenters. The van der Waals surface area contributed by atoms with Gasteiger partial charge in [-0.2, -0.15) is 29.9 Å². The van der Waals surface area contributed by atoms with Crippen LogP contribution in [0.25, 0.3) is 249 Å². The highest BCUT2D eigenvalue weighted by atomic mass is 32.1. The fourth-order valence-corrected chi connectivity index (χ4v) is 19.9. The number of hydrogen-bond acceptors (Lipinski definition) is 12. The van der Waals surface area contributed by atoms with E-state index in [-0.39, 0.29) is 0 Å². The van der Waals surface area contributed by atoms with Gasteiger partial charge in [-0.25, -0.2) is 15.0 Å². The Bertz CT molecular complexity index is 8630. The fourth-order valence-electron chi connectivity index (χ4n) is 18.6. The van der Waals surface area contributed by atoms with E-state index in [2.05, 4.69) is 244 Å². The van der Waals surface area contributed by atoms with Crippen LogP contribution in [-0.2, 0) is 0 Å². The molecule has 0 fully saturated rings. The average Bonchev–Trinajstić information content (AvgIpc) is 1.58. The predicted molar refractivity (Wildman–Crippen MR) is 539 cm³/mol. The molecule has 0 saturated heterocycles. The normalized spacial score (nSPS) is 11.6. The van der Waals surface area contributed by atoms with Crippen LogP contribution in [0, 0.1) is 0 Å². The highest BCUT2D eigenvalue weighted by Crippen LogP contribution is 2.46. The standard InChI is InChI=1S/2C39H24N4O.C39H24N4S/c1-3-12-25(13-4-1)37-40-38(26-14-5-2-6-15-26)42-39(41-37)43-33-20-9-7-16-29(33)32-24-27(22-23-34(32)43)28-18-11-19-31-30-17-8-10-21-35(30)44-36(28)31;1-3-11-25(12-4-1)37-40-38(26-13-5-2-6-14-26)42-39(41-37)43-33-17-9-7-15-29(33)31-23-27(19-21-34(31)43)28-20-22-36-32(24-28)30-16-8-10-18-35(30)44-36;1-3-12-25(13-4-1)37-40-38(26-14-5-2-6-15-26)42-39(41-37)43-33-20-9-7-16-29(33)32-24-27(22-23-34(32)43)28-18-11-19-31-30-17-8-10-21-35(30)44-36(28)31/h3*1-24H. The van der Waals surface area contributed by atoms with Crippen molar-refractivity contribution in [2.45, 2.75) is 0 Å². The van der Waals surface area contributed by atoms with Gasteiger partial charge in [0.15, 0.2) is 34.9 Å². The molecule has 0 N–H and O–H groups in total. The van der Waals surface area contributed by atoms with Crippen LogP contribution >= 0.6 is 11.3 Å². The van der Waals surface area contributed by atoms with Crippen molar-refractivity contribution < 1.29 is 8.83 Å². The molecule has 618 valence electrons. The van der Waals surface area contributed by atoms with Gasteiger partial charge in [-0.3, -0.25) is 13.7 Å². The first-order valence-corrected chi connectivity index (χ1v) is 44.7. The van der Waals surface area contributed by atoms with Crippen molar-refractivity contribution in [1.29, 1.82) is 0 Å². The Morgan fingerprint density at radius 2 is 0.462 bits per heavy atom. The summed E-state index contributed by atoms with van der Waals surface area (Å²) in [6.45, 7) is 0. The lowest BCUT2D eigenvalue weighted by molar-refractivity contribution is 0.669. The summed E-state index contributed by atoms with van der Waals surface area (Å²) in [6.07, 6.45) is 0. The fraction of sp³-hybridized carbons (Fsp3) is 0. The third-order valence-corrected chi connectivity index (χ3v) is 26.0. The van der Waals surface area contributed by atoms with Crippen LogP contribution in [0.1, 0.15) is 0 Å². The van der Waals surface area contributed by atoms with Crippen molar-refractivity contribution in [2.75, 3.05) is 0 Å². The van der Waals surface area contributed by atoms with Crippen molar-refractivity contribution in [2.24, 2.45) is 0 Å². The molecule has 0 unspecified atom stereocenters. The molecule has 27 rings (SSSR count). The van der Waals surface area contributed by atoms with E-state index in [1.54, 1.807) is 0 Å². The molecule has 0 aliphatic carbocycles. The quantitative estimate of drug-likeness (QED) is 0.115. The maximum absolute atomic E-state index is 6.39. The van der Waals surface area contributed by atoms with Crippen molar-refractivity contribution >= 4 is 141 Å². The van der Waals surface area contributed by atoms with E-state index in [1.165, 1.54) is 36.7 Å². The maximum atomic E-state index is 6.39. The molecule has 9 aromatic heterocycles. The maximum Gasteiger partial charge on any atom is 0.238 e. The molecule has 132 heavy (non-hydrogen) atoms. The summed E-state index contributed by atoms with van der Waals surface area (Å²) in [5.74, 6) is 5.60. The average molecular weight is 1710 g/mol. The summed E-state index contributed by atoms with van der Waals surface area (Å²) in [6, 6.07) is 150. The number of benzene rings is 18. The molecule has 9 heterocycles. The van der Waals surface area contributed by atoms with Crippen LogP contribution in [0.15, 0.2) is 446 Å². The zero-order valence-electron chi connectivity index (χ0n) is 70.7. The molecule has 0 radical (unpaired) electrons. The van der Waals surface area contributed by atoms with Gasteiger partial charge in [0, 0.05) is 113 Å². The molecule has 15 heteroatoms. The first-order valence-electron chi connectivity index (χ1n) is 43.9. The van der Waals surface area contributed by atoms with Gasteiger partial charge in [0.05, 0.1) is 33.1 Å². The number of para-hydroxylation sites is 6. The van der Waals surface area contributed by atoms with E-state index >= 15 is 0 Å². The van der Waals surface area contributed by atoms with E-state index < -0.39 is 0 Å². The zero-order valence-corrected chi connectivity index (χ0v) is 71.5. The van der Waals surface area contributed by atoms with Crippen molar-refractivity contribution in [3.05, 3.63) is 437 Å². The summed E-state index contributed by atoms with van der Waals surface area (Å²) < 4.78 is 21.6. The molecule has 27 aromatic rings. The monoisotopic (exact) mass is 1710 g/mol. The molecule has 0 spiro atoms. The lowest BCUT2D eigenvalue weighted by atomic mass is 10.0.